The number of esters is 1. The van der Waals surface area contributed by atoms with Crippen LogP contribution in [-0.2, 0) is 28.9 Å². The van der Waals surface area contributed by atoms with Crippen molar-refractivity contribution in [2.24, 2.45) is 0 Å². The standard InChI is InChI=1S/C28H27N3O3/c1-34-28(33)26(16-22-17-29-25-9-5-4-8-24(22)25)30-27(32)20-10-12-23(13-11-20)31-15-14-19-6-2-3-7-21(19)18-31/h2-13,17,26,29H,14-16,18H2,1H3,(H,30,32)/t26-/m1/s1. The first-order chi connectivity index (χ1) is 16.6. The number of hydrogen-bond acceptors (Lipinski definition) is 4. The minimum Gasteiger partial charge on any atom is -0.467 e. The highest BCUT2D eigenvalue weighted by molar-refractivity contribution is 5.97. The van der Waals surface area contributed by atoms with Crippen molar-refractivity contribution in [3.05, 3.63) is 101 Å². The van der Waals surface area contributed by atoms with Crippen LogP contribution in [0.1, 0.15) is 27.0 Å². The number of hydrogen-bond donors (Lipinski definition) is 2. The lowest BCUT2D eigenvalue weighted by Crippen LogP contribution is -2.43. The summed E-state index contributed by atoms with van der Waals surface area (Å²) in [5, 5.41) is 3.88. The van der Waals surface area contributed by atoms with Crippen LogP contribution < -0.4 is 10.2 Å². The van der Waals surface area contributed by atoms with Crippen molar-refractivity contribution < 1.29 is 14.3 Å². The molecule has 0 saturated carbocycles. The fraction of sp³-hybridized carbons (Fsp3) is 0.214. The molecule has 0 fully saturated rings. The molecule has 0 aliphatic carbocycles. The second-order valence-corrected chi connectivity index (χ2v) is 8.60. The lowest BCUT2D eigenvalue weighted by molar-refractivity contribution is -0.142. The number of rotatable bonds is 6. The lowest BCUT2D eigenvalue weighted by atomic mass is 9.99. The van der Waals surface area contributed by atoms with E-state index in [9.17, 15) is 9.59 Å². The van der Waals surface area contributed by atoms with Crippen molar-refractivity contribution >= 4 is 28.5 Å². The molecule has 0 spiro atoms. The van der Waals surface area contributed by atoms with Crippen LogP contribution in [0, 0.1) is 0 Å². The van der Waals surface area contributed by atoms with E-state index in [1.165, 1.54) is 18.2 Å². The van der Waals surface area contributed by atoms with Crippen LogP contribution >= 0.6 is 0 Å². The number of nitrogens with zero attached hydrogens (tertiary/aromatic N) is 1. The third kappa shape index (κ3) is 4.39. The summed E-state index contributed by atoms with van der Waals surface area (Å²) in [6, 6.07) is 23.2. The van der Waals surface area contributed by atoms with Gasteiger partial charge in [0.15, 0.2) is 0 Å². The Morgan fingerprint density at radius 1 is 1.00 bits per heavy atom. The summed E-state index contributed by atoms with van der Waals surface area (Å²) in [7, 11) is 1.34. The first kappa shape index (κ1) is 21.8. The number of nitrogens with one attached hydrogen (secondary N) is 2. The molecule has 34 heavy (non-hydrogen) atoms. The monoisotopic (exact) mass is 453 g/mol. The number of aromatic nitrogens is 1. The molecule has 0 radical (unpaired) electrons. The van der Waals surface area contributed by atoms with Crippen molar-refractivity contribution in [1.29, 1.82) is 0 Å². The molecule has 2 heterocycles. The molecule has 172 valence electrons. The summed E-state index contributed by atoms with van der Waals surface area (Å²) >= 11 is 0. The van der Waals surface area contributed by atoms with Gasteiger partial charge in [-0.3, -0.25) is 4.79 Å². The van der Waals surface area contributed by atoms with Crippen molar-refractivity contribution in [3.8, 4) is 0 Å². The molecule has 6 nitrogen and oxygen atoms in total. The van der Waals surface area contributed by atoms with Crippen molar-refractivity contribution in [2.45, 2.75) is 25.4 Å². The third-order valence-electron chi connectivity index (χ3n) is 6.52. The maximum absolute atomic E-state index is 13.0. The number of H-pyrrole nitrogens is 1. The molecule has 1 aliphatic heterocycles. The number of fused-ring (bicyclic) bond motifs is 2. The number of carbonyl (C=O) groups is 2. The van der Waals surface area contributed by atoms with Crippen molar-refractivity contribution in [1.82, 2.24) is 10.3 Å². The van der Waals surface area contributed by atoms with Crippen LogP contribution in [0.4, 0.5) is 5.69 Å². The van der Waals surface area contributed by atoms with E-state index >= 15 is 0 Å². The van der Waals surface area contributed by atoms with E-state index < -0.39 is 12.0 Å². The summed E-state index contributed by atoms with van der Waals surface area (Å²) in [6.07, 6.45) is 3.22. The fourth-order valence-electron chi connectivity index (χ4n) is 4.64. The number of amides is 1. The summed E-state index contributed by atoms with van der Waals surface area (Å²) in [4.78, 5) is 31.0. The molecule has 0 unspecified atom stereocenters. The third-order valence-corrected chi connectivity index (χ3v) is 6.52. The van der Waals surface area contributed by atoms with Gasteiger partial charge < -0.3 is 19.9 Å². The summed E-state index contributed by atoms with van der Waals surface area (Å²) in [6.45, 7) is 1.80. The summed E-state index contributed by atoms with van der Waals surface area (Å²) < 4.78 is 4.97. The Morgan fingerprint density at radius 3 is 2.53 bits per heavy atom. The van der Waals surface area contributed by atoms with Crippen LogP contribution in [0.25, 0.3) is 10.9 Å². The number of para-hydroxylation sites is 1. The van der Waals surface area contributed by atoms with E-state index in [2.05, 4.69) is 39.5 Å². The Hall–Kier alpha value is -4.06. The normalized spacial score (nSPS) is 13.9. The zero-order valence-corrected chi connectivity index (χ0v) is 19.1. The van der Waals surface area contributed by atoms with Gasteiger partial charge in [-0.05, 0) is 53.4 Å². The minimum absolute atomic E-state index is 0.300. The number of methoxy groups -OCH3 is 1. The molecule has 1 atom stereocenters. The zero-order chi connectivity index (χ0) is 23.5. The zero-order valence-electron chi connectivity index (χ0n) is 19.1. The Morgan fingerprint density at radius 2 is 1.74 bits per heavy atom. The average molecular weight is 454 g/mol. The minimum atomic E-state index is -0.782. The summed E-state index contributed by atoms with van der Waals surface area (Å²) in [5.41, 5.74) is 6.27. The number of aromatic amines is 1. The fourth-order valence-corrected chi connectivity index (χ4v) is 4.64. The van der Waals surface area contributed by atoms with Gasteiger partial charge in [-0.1, -0.05) is 42.5 Å². The highest BCUT2D eigenvalue weighted by atomic mass is 16.5. The van der Waals surface area contributed by atoms with Crippen LogP contribution in [0.5, 0.6) is 0 Å². The van der Waals surface area contributed by atoms with Gasteiger partial charge in [0.1, 0.15) is 6.04 Å². The van der Waals surface area contributed by atoms with Crippen LogP contribution in [0.2, 0.25) is 0 Å². The number of carbonyl (C=O) groups excluding carboxylic acids is 2. The van der Waals surface area contributed by atoms with E-state index in [4.69, 9.17) is 4.74 Å². The molecule has 5 rings (SSSR count). The van der Waals surface area contributed by atoms with E-state index in [0.29, 0.717) is 12.0 Å². The van der Waals surface area contributed by atoms with Gasteiger partial charge in [0.2, 0.25) is 0 Å². The second-order valence-electron chi connectivity index (χ2n) is 8.60. The number of ether oxygens (including phenoxy) is 1. The molecular weight excluding hydrogens is 426 g/mol. The number of anilines is 1. The molecule has 1 aliphatic rings. The highest BCUT2D eigenvalue weighted by Gasteiger charge is 2.24. The Kier molecular flexibility index (Phi) is 6.04. The molecule has 1 amide bonds. The molecule has 1 aromatic heterocycles. The van der Waals surface area contributed by atoms with Gasteiger partial charge in [0.05, 0.1) is 7.11 Å². The van der Waals surface area contributed by atoms with E-state index in [-0.39, 0.29) is 5.91 Å². The first-order valence-electron chi connectivity index (χ1n) is 11.5. The van der Waals surface area contributed by atoms with Crippen molar-refractivity contribution in [2.75, 3.05) is 18.6 Å². The van der Waals surface area contributed by atoms with Gasteiger partial charge >= 0.3 is 5.97 Å². The Labute approximate surface area is 198 Å². The average Bonchev–Trinajstić information content (AvgIpc) is 3.30. The predicted molar refractivity (Wildman–Crippen MR) is 133 cm³/mol. The van der Waals surface area contributed by atoms with E-state index in [1.54, 1.807) is 0 Å². The van der Waals surface area contributed by atoms with Gasteiger partial charge in [0, 0.05) is 47.9 Å². The Balaban J connectivity index is 1.28. The van der Waals surface area contributed by atoms with E-state index in [1.807, 2.05) is 54.7 Å². The van der Waals surface area contributed by atoms with Crippen LogP contribution in [0.3, 0.4) is 0 Å². The molecule has 0 saturated heterocycles. The van der Waals surface area contributed by atoms with Crippen LogP contribution in [0.15, 0.2) is 79.0 Å². The van der Waals surface area contributed by atoms with E-state index in [0.717, 1.165) is 41.7 Å². The quantitative estimate of drug-likeness (QED) is 0.428. The second kappa shape index (κ2) is 9.43. The Bertz CT molecular complexity index is 1330. The highest BCUT2D eigenvalue weighted by Crippen LogP contribution is 2.25. The first-order valence-corrected chi connectivity index (χ1v) is 11.5. The van der Waals surface area contributed by atoms with Gasteiger partial charge in [-0.2, -0.15) is 0 Å². The van der Waals surface area contributed by atoms with Gasteiger partial charge in [-0.25, -0.2) is 4.79 Å². The molecular formula is C28H27N3O3. The topological polar surface area (TPSA) is 74.4 Å². The predicted octanol–water partition coefficient (Wildman–Crippen LogP) is 4.24. The summed E-state index contributed by atoms with van der Waals surface area (Å²) in [5.74, 6) is -0.770. The molecule has 4 aromatic rings. The SMILES string of the molecule is COC(=O)[C@@H](Cc1c[nH]c2ccccc12)NC(=O)c1ccc(N2CCc3ccccc3C2)cc1. The maximum Gasteiger partial charge on any atom is 0.328 e. The van der Waals surface area contributed by atoms with Gasteiger partial charge in [0.25, 0.3) is 5.91 Å². The molecule has 2 N–H and O–H groups in total. The maximum atomic E-state index is 13.0. The van der Waals surface area contributed by atoms with Gasteiger partial charge in [-0.15, -0.1) is 0 Å². The smallest absolute Gasteiger partial charge is 0.328 e. The van der Waals surface area contributed by atoms with Crippen molar-refractivity contribution in [3.63, 3.8) is 0 Å². The lowest BCUT2D eigenvalue weighted by Gasteiger charge is -2.30. The number of benzene rings is 3. The molecule has 0 bridgehead atoms. The molecule has 3 aromatic carbocycles. The largest absolute Gasteiger partial charge is 0.467 e. The molecule has 6 heteroatoms. The van der Waals surface area contributed by atoms with Crippen LogP contribution in [-0.4, -0.2) is 36.6 Å².